The second-order valence-electron chi connectivity index (χ2n) is 5.70. The van der Waals surface area contributed by atoms with Gasteiger partial charge >= 0.3 is 5.97 Å². The minimum absolute atomic E-state index is 0.0354. The first kappa shape index (κ1) is 16.8. The van der Waals surface area contributed by atoms with E-state index in [1.807, 2.05) is 30.3 Å². The summed E-state index contributed by atoms with van der Waals surface area (Å²) in [5, 5.41) is 11.9. The summed E-state index contributed by atoms with van der Waals surface area (Å²) in [4.78, 5) is 23.7. The summed E-state index contributed by atoms with van der Waals surface area (Å²) in [7, 11) is 0. The van der Waals surface area contributed by atoms with Crippen molar-refractivity contribution in [3.05, 3.63) is 59.7 Å². The van der Waals surface area contributed by atoms with E-state index in [4.69, 9.17) is 14.6 Å². The lowest BCUT2D eigenvalue weighted by molar-refractivity contribution is -0.137. The average Bonchev–Trinajstić information content (AvgIpc) is 2.65. The maximum Gasteiger partial charge on any atom is 0.303 e. The van der Waals surface area contributed by atoms with Crippen molar-refractivity contribution < 1.29 is 24.2 Å². The van der Waals surface area contributed by atoms with Gasteiger partial charge in [-0.1, -0.05) is 36.4 Å². The lowest BCUT2D eigenvalue weighted by Gasteiger charge is -2.23. The predicted molar refractivity (Wildman–Crippen MR) is 91.0 cm³/mol. The number of carbonyl (C=O) groups excluding carboxylic acids is 1. The van der Waals surface area contributed by atoms with Gasteiger partial charge in [-0.2, -0.15) is 0 Å². The van der Waals surface area contributed by atoms with Crippen molar-refractivity contribution in [3.63, 3.8) is 0 Å². The van der Waals surface area contributed by atoms with Gasteiger partial charge in [-0.3, -0.25) is 9.59 Å². The zero-order valence-electron chi connectivity index (χ0n) is 13.6. The highest BCUT2D eigenvalue weighted by molar-refractivity contribution is 5.98. The number of nitrogens with one attached hydrogen (secondary N) is 1. The van der Waals surface area contributed by atoms with Gasteiger partial charge in [0, 0.05) is 6.42 Å². The van der Waals surface area contributed by atoms with Crippen LogP contribution in [0.5, 0.6) is 11.5 Å². The quantitative estimate of drug-likeness (QED) is 0.844. The van der Waals surface area contributed by atoms with Gasteiger partial charge < -0.3 is 19.9 Å². The van der Waals surface area contributed by atoms with Crippen LogP contribution in [0, 0.1) is 0 Å². The zero-order chi connectivity index (χ0) is 17.6. The third-order valence-corrected chi connectivity index (χ3v) is 3.96. The van der Waals surface area contributed by atoms with Gasteiger partial charge in [0.2, 0.25) is 0 Å². The van der Waals surface area contributed by atoms with Crippen molar-refractivity contribution in [2.24, 2.45) is 0 Å². The number of hydrogen-bond donors (Lipinski definition) is 2. The first-order valence-electron chi connectivity index (χ1n) is 8.11. The van der Waals surface area contributed by atoms with Gasteiger partial charge in [-0.15, -0.1) is 0 Å². The van der Waals surface area contributed by atoms with Gasteiger partial charge in [0.1, 0.15) is 13.2 Å². The number of carboxylic acid groups (broad SMARTS) is 1. The molecule has 0 aromatic heterocycles. The van der Waals surface area contributed by atoms with Crippen LogP contribution in [-0.4, -0.2) is 30.2 Å². The van der Waals surface area contributed by atoms with Crippen LogP contribution in [0.2, 0.25) is 0 Å². The van der Waals surface area contributed by atoms with Gasteiger partial charge in [0.25, 0.3) is 5.91 Å². The second-order valence-corrected chi connectivity index (χ2v) is 5.70. The summed E-state index contributed by atoms with van der Waals surface area (Å²) >= 11 is 0. The number of para-hydroxylation sites is 1. The summed E-state index contributed by atoms with van der Waals surface area (Å²) < 4.78 is 11.1. The zero-order valence-corrected chi connectivity index (χ0v) is 13.6. The molecule has 1 heterocycles. The van der Waals surface area contributed by atoms with Crippen LogP contribution in [0.1, 0.15) is 34.8 Å². The molecule has 1 aliphatic rings. The number of aliphatic carboxylic acids is 1. The van der Waals surface area contributed by atoms with E-state index in [0.717, 1.165) is 5.56 Å². The number of hydrogen-bond acceptors (Lipinski definition) is 4. The van der Waals surface area contributed by atoms with Crippen molar-refractivity contribution in [2.45, 2.75) is 18.9 Å². The van der Waals surface area contributed by atoms with Gasteiger partial charge in [-0.05, 0) is 24.1 Å². The van der Waals surface area contributed by atoms with Crippen molar-refractivity contribution in [1.82, 2.24) is 5.32 Å². The molecule has 0 radical (unpaired) electrons. The number of amides is 1. The molecule has 0 aliphatic carbocycles. The molecule has 1 aliphatic heterocycles. The lowest BCUT2D eigenvalue weighted by Crippen LogP contribution is -2.30. The lowest BCUT2D eigenvalue weighted by atomic mass is 10.0. The van der Waals surface area contributed by atoms with Crippen LogP contribution in [-0.2, 0) is 4.79 Å². The minimum Gasteiger partial charge on any atom is -0.486 e. The fourth-order valence-corrected chi connectivity index (χ4v) is 2.76. The molecule has 1 atom stereocenters. The molecule has 0 saturated heterocycles. The second kappa shape index (κ2) is 7.70. The maximum atomic E-state index is 12.8. The van der Waals surface area contributed by atoms with E-state index >= 15 is 0 Å². The third-order valence-electron chi connectivity index (χ3n) is 3.96. The van der Waals surface area contributed by atoms with E-state index in [2.05, 4.69) is 5.32 Å². The van der Waals surface area contributed by atoms with Crippen LogP contribution in [0.15, 0.2) is 48.5 Å². The summed E-state index contributed by atoms with van der Waals surface area (Å²) in [6.07, 6.45) is 0.268. The standard InChI is InChI=1S/C19H19NO5/c21-17(22)10-9-15(13-5-2-1-3-6-13)20-19(23)14-7-4-8-16-18(14)25-12-11-24-16/h1-8,15H,9-12H2,(H,20,23)(H,21,22). The van der Waals surface area contributed by atoms with Crippen LogP contribution in [0.3, 0.4) is 0 Å². The van der Waals surface area contributed by atoms with E-state index in [1.165, 1.54) is 0 Å². The van der Waals surface area contributed by atoms with Crippen LogP contribution < -0.4 is 14.8 Å². The molecule has 1 amide bonds. The summed E-state index contributed by atoms with van der Waals surface area (Å²) in [5.41, 5.74) is 1.24. The third kappa shape index (κ3) is 4.09. The smallest absolute Gasteiger partial charge is 0.303 e. The van der Waals surface area contributed by atoms with Gasteiger partial charge in [0.15, 0.2) is 11.5 Å². The summed E-state index contributed by atoms with van der Waals surface area (Å²) in [5.74, 6) is -0.248. The van der Waals surface area contributed by atoms with E-state index < -0.39 is 12.0 Å². The predicted octanol–water partition coefficient (Wildman–Crippen LogP) is 2.79. The molecule has 2 N–H and O–H groups in total. The van der Waals surface area contributed by atoms with E-state index in [1.54, 1.807) is 18.2 Å². The molecule has 6 nitrogen and oxygen atoms in total. The topological polar surface area (TPSA) is 84.9 Å². The first-order chi connectivity index (χ1) is 12.1. The Morgan fingerprint density at radius 1 is 1.04 bits per heavy atom. The molecular weight excluding hydrogens is 322 g/mol. The Morgan fingerprint density at radius 3 is 2.56 bits per heavy atom. The monoisotopic (exact) mass is 341 g/mol. The average molecular weight is 341 g/mol. The first-order valence-corrected chi connectivity index (χ1v) is 8.11. The molecule has 0 saturated carbocycles. The van der Waals surface area contributed by atoms with Crippen molar-refractivity contribution in [2.75, 3.05) is 13.2 Å². The molecule has 130 valence electrons. The molecule has 0 bridgehead atoms. The van der Waals surface area contributed by atoms with Crippen molar-refractivity contribution >= 4 is 11.9 Å². The minimum atomic E-state index is -0.899. The number of ether oxygens (including phenoxy) is 2. The van der Waals surface area contributed by atoms with Crippen LogP contribution in [0.25, 0.3) is 0 Å². The summed E-state index contributed by atoms with van der Waals surface area (Å²) in [6, 6.07) is 14.1. The Bertz CT molecular complexity index is 760. The Kier molecular flexibility index (Phi) is 5.18. The van der Waals surface area contributed by atoms with Gasteiger partial charge in [-0.25, -0.2) is 0 Å². The van der Waals surface area contributed by atoms with Crippen molar-refractivity contribution in [1.29, 1.82) is 0 Å². The largest absolute Gasteiger partial charge is 0.486 e. The number of rotatable bonds is 6. The Labute approximate surface area is 145 Å². The number of carbonyl (C=O) groups is 2. The molecule has 2 aromatic rings. The maximum absolute atomic E-state index is 12.8. The van der Waals surface area contributed by atoms with Crippen LogP contribution >= 0.6 is 0 Å². The Morgan fingerprint density at radius 2 is 1.80 bits per heavy atom. The highest BCUT2D eigenvalue weighted by Crippen LogP contribution is 2.34. The molecular formula is C19H19NO5. The molecule has 2 aromatic carbocycles. The Balaban J connectivity index is 1.82. The fourth-order valence-electron chi connectivity index (χ4n) is 2.76. The molecule has 0 spiro atoms. The number of fused-ring (bicyclic) bond motifs is 1. The van der Waals surface area contributed by atoms with E-state index in [0.29, 0.717) is 36.7 Å². The van der Waals surface area contributed by atoms with Crippen molar-refractivity contribution in [3.8, 4) is 11.5 Å². The van der Waals surface area contributed by atoms with E-state index in [9.17, 15) is 9.59 Å². The number of carboxylic acids is 1. The molecule has 3 rings (SSSR count). The normalized spacial score (nSPS) is 13.8. The summed E-state index contributed by atoms with van der Waals surface area (Å²) in [6.45, 7) is 0.835. The highest BCUT2D eigenvalue weighted by atomic mass is 16.6. The number of benzene rings is 2. The SMILES string of the molecule is O=C(O)CCC(NC(=O)c1cccc2c1OCCO2)c1ccccc1. The fraction of sp³-hybridized carbons (Fsp3) is 0.263. The molecule has 1 unspecified atom stereocenters. The van der Waals surface area contributed by atoms with E-state index in [-0.39, 0.29) is 12.3 Å². The molecule has 6 heteroatoms. The molecule has 25 heavy (non-hydrogen) atoms. The Hall–Kier alpha value is -3.02. The van der Waals surface area contributed by atoms with Crippen LogP contribution in [0.4, 0.5) is 0 Å². The molecule has 0 fully saturated rings. The van der Waals surface area contributed by atoms with Gasteiger partial charge in [0.05, 0.1) is 11.6 Å². The highest BCUT2D eigenvalue weighted by Gasteiger charge is 2.23.